The maximum Gasteiger partial charge on any atom is 0.235 e. The number of pyridine rings is 1. The number of sulfonamides is 1. The average Bonchev–Trinajstić information content (AvgIpc) is 2.21. The monoisotopic (exact) mass is 298 g/mol. The largest absolute Gasteiger partial charge is 0.384 e. The van der Waals surface area contributed by atoms with Gasteiger partial charge in [0.05, 0.1) is 18.0 Å². The Balaban J connectivity index is 2.96. The molecule has 0 saturated carbocycles. The number of rotatable bonds is 5. The van der Waals surface area contributed by atoms with Crippen LogP contribution in [0.25, 0.3) is 0 Å². The molecule has 1 N–H and O–H groups in total. The molecule has 17 heavy (non-hydrogen) atoms. The summed E-state index contributed by atoms with van der Waals surface area (Å²) in [5.41, 5.74) is 0.850. The summed E-state index contributed by atoms with van der Waals surface area (Å²) in [5.74, 6) is -0.151. The van der Waals surface area contributed by atoms with Crippen molar-refractivity contribution in [2.75, 3.05) is 24.2 Å². The van der Waals surface area contributed by atoms with Crippen LogP contribution in [0.5, 0.6) is 0 Å². The van der Waals surface area contributed by atoms with E-state index in [4.69, 9.17) is 27.9 Å². The number of hydrogen-bond acceptors (Lipinski definition) is 4. The lowest BCUT2D eigenvalue weighted by atomic mass is 10.3. The van der Waals surface area contributed by atoms with E-state index < -0.39 is 10.0 Å². The zero-order valence-electron chi connectivity index (χ0n) is 9.33. The van der Waals surface area contributed by atoms with Crippen LogP contribution in [0.4, 0.5) is 5.69 Å². The fourth-order valence-electron chi connectivity index (χ4n) is 1.12. The topological polar surface area (TPSA) is 68.3 Å². The van der Waals surface area contributed by atoms with Crippen LogP contribution in [-0.2, 0) is 14.8 Å². The molecule has 1 aromatic heterocycles. The zero-order chi connectivity index (χ0) is 13.1. The van der Waals surface area contributed by atoms with Crippen molar-refractivity contribution in [3.63, 3.8) is 0 Å². The number of halogens is 2. The molecule has 0 amide bonds. The highest BCUT2D eigenvalue weighted by molar-refractivity contribution is 7.92. The number of anilines is 1. The van der Waals surface area contributed by atoms with Crippen LogP contribution >= 0.6 is 23.2 Å². The molecular formula is C9H12Cl2N2O3S. The minimum absolute atomic E-state index is 0.0241. The molecule has 96 valence electrons. The van der Waals surface area contributed by atoms with E-state index in [1.165, 1.54) is 13.2 Å². The first-order valence-corrected chi connectivity index (χ1v) is 7.08. The van der Waals surface area contributed by atoms with E-state index in [0.717, 1.165) is 0 Å². The van der Waals surface area contributed by atoms with Gasteiger partial charge in [0.2, 0.25) is 10.0 Å². The lowest BCUT2D eigenvalue weighted by Gasteiger charge is -2.11. The van der Waals surface area contributed by atoms with Gasteiger partial charge in [-0.1, -0.05) is 23.2 Å². The van der Waals surface area contributed by atoms with Crippen LogP contribution in [0.2, 0.25) is 10.3 Å². The molecule has 0 fully saturated rings. The van der Waals surface area contributed by atoms with Crippen LogP contribution < -0.4 is 4.72 Å². The Morgan fingerprint density at radius 2 is 2.12 bits per heavy atom. The van der Waals surface area contributed by atoms with Crippen LogP contribution in [0.1, 0.15) is 5.56 Å². The minimum Gasteiger partial charge on any atom is -0.384 e. The van der Waals surface area contributed by atoms with E-state index in [0.29, 0.717) is 5.56 Å². The van der Waals surface area contributed by atoms with Gasteiger partial charge in [-0.05, 0) is 18.6 Å². The smallest absolute Gasteiger partial charge is 0.235 e. The molecular weight excluding hydrogens is 287 g/mol. The maximum absolute atomic E-state index is 11.6. The van der Waals surface area contributed by atoms with Gasteiger partial charge in [0.15, 0.2) is 5.15 Å². The fourth-order valence-corrected chi connectivity index (χ4v) is 2.81. The standard InChI is InChI=1S/C9H12Cl2N2O3S/c1-6-5-7(10)12-9(11)8(6)13-17(14,15)4-3-16-2/h5,13H,3-4H2,1-2H3. The molecule has 0 aliphatic heterocycles. The van der Waals surface area contributed by atoms with Gasteiger partial charge < -0.3 is 4.74 Å². The van der Waals surface area contributed by atoms with Gasteiger partial charge in [-0.25, -0.2) is 13.4 Å². The van der Waals surface area contributed by atoms with Crippen molar-refractivity contribution in [1.82, 2.24) is 4.98 Å². The van der Waals surface area contributed by atoms with E-state index >= 15 is 0 Å². The summed E-state index contributed by atoms with van der Waals surface area (Å²) in [6, 6.07) is 1.53. The molecule has 0 aliphatic rings. The Labute approximate surface area is 110 Å². The number of aryl methyl sites for hydroxylation is 1. The number of aromatic nitrogens is 1. The predicted molar refractivity (Wildman–Crippen MR) is 68.3 cm³/mol. The van der Waals surface area contributed by atoms with Gasteiger partial charge >= 0.3 is 0 Å². The van der Waals surface area contributed by atoms with E-state index in [9.17, 15) is 8.42 Å². The molecule has 0 atom stereocenters. The van der Waals surface area contributed by atoms with Gasteiger partial charge in [0, 0.05) is 7.11 Å². The Morgan fingerprint density at radius 1 is 1.47 bits per heavy atom. The van der Waals surface area contributed by atoms with Gasteiger partial charge in [0.1, 0.15) is 5.15 Å². The average molecular weight is 299 g/mol. The molecule has 1 heterocycles. The van der Waals surface area contributed by atoms with Gasteiger partial charge in [-0.3, -0.25) is 4.72 Å². The first-order valence-electron chi connectivity index (χ1n) is 4.68. The Bertz CT molecular complexity index is 482. The summed E-state index contributed by atoms with van der Waals surface area (Å²) in [7, 11) is -2.07. The molecule has 1 rings (SSSR count). The molecule has 0 radical (unpaired) electrons. The van der Waals surface area contributed by atoms with Crippen molar-refractivity contribution < 1.29 is 13.2 Å². The van der Waals surface area contributed by atoms with Crippen LogP contribution in [0.15, 0.2) is 6.07 Å². The summed E-state index contributed by atoms with van der Waals surface area (Å²) in [4.78, 5) is 3.77. The van der Waals surface area contributed by atoms with Gasteiger partial charge in [0.25, 0.3) is 0 Å². The predicted octanol–water partition coefficient (Wildman–Crippen LogP) is 2.08. The number of nitrogens with one attached hydrogen (secondary N) is 1. The summed E-state index contributed by atoms with van der Waals surface area (Å²) in [6.07, 6.45) is 0. The number of nitrogens with zero attached hydrogens (tertiary/aromatic N) is 1. The Hall–Kier alpha value is -0.560. The quantitative estimate of drug-likeness (QED) is 0.845. The normalized spacial score (nSPS) is 11.5. The third-order valence-corrected chi connectivity index (χ3v) is 3.64. The summed E-state index contributed by atoms with van der Waals surface area (Å²) >= 11 is 11.5. The van der Waals surface area contributed by atoms with Gasteiger partial charge in [-0.2, -0.15) is 0 Å². The summed E-state index contributed by atoms with van der Waals surface area (Å²) < 4.78 is 30.3. The molecule has 0 aliphatic carbocycles. The number of ether oxygens (including phenoxy) is 1. The summed E-state index contributed by atoms with van der Waals surface area (Å²) in [5, 5.41) is 0.239. The van der Waals surface area contributed by atoms with E-state index in [-0.39, 0.29) is 28.4 Å². The molecule has 0 aromatic carbocycles. The van der Waals surface area contributed by atoms with Crippen molar-refractivity contribution >= 4 is 38.9 Å². The first kappa shape index (κ1) is 14.5. The molecule has 0 saturated heterocycles. The fraction of sp³-hybridized carbons (Fsp3) is 0.444. The first-order chi connectivity index (χ1) is 7.85. The van der Waals surface area contributed by atoms with Crippen molar-refractivity contribution in [3.8, 4) is 0 Å². The summed E-state index contributed by atoms with van der Waals surface area (Å²) in [6.45, 7) is 1.79. The van der Waals surface area contributed by atoms with Crippen molar-refractivity contribution in [2.24, 2.45) is 0 Å². The van der Waals surface area contributed by atoms with Crippen molar-refractivity contribution in [1.29, 1.82) is 0 Å². The lowest BCUT2D eigenvalue weighted by Crippen LogP contribution is -2.20. The van der Waals surface area contributed by atoms with Crippen LogP contribution in [0.3, 0.4) is 0 Å². The molecule has 1 aromatic rings. The van der Waals surface area contributed by atoms with Crippen molar-refractivity contribution in [2.45, 2.75) is 6.92 Å². The lowest BCUT2D eigenvalue weighted by molar-refractivity contribution is 0.217. The highest BCUT2D eigenvalue weighted by atomic mass is 35.5. The maximum atomic E-state index is 11.6. The minimum atomic E-state index is -3.50. The second-order valence-electron chi connectivity index (χ2n) is 3.34. The SMILES string of the molecule is COCCS(=O)(=O)Nc1c(C)cc(Cl)nc1Cl. The van der Waals surface area contributed by atoms with E-state index in [1.54, 1.807) is 6.92 Å². The molecule has 0 bridgehead atoms. The van der Waals surface area contributed by atoms with Gasteiger partial charge in [-0.15, -0.1) is 0 Å². The van der Waals surface area contributed by atoms with Crippen molar-refractivity contribution in [3.05, 3.63) is 21.9 Å². The van der Waals surface area contributed by atoms with E-state index in [2.05, 4.69) is 9.71 Å². The molecule has 0 unspecified atom stereocenters. The highest BCUT2D eigenvalue weighted by Crippen LogP contribution is 2.27. The van der Waals surface area contributed by atoms with E-state index in [1.807, 2.05) is 0 Å². The second-order valence-corrected chi connectivity index (χ2v) is 5.93. The van der Waals surface area contributed by atoms with Crippen LogP contribution in [-0.4, -0.2) is 32.9 Å². The highest BCUT2D eigenvalue weighted by Gasteiger charge is 2.15. The number of hydrogen-bond donors (Lipinski definition) is 1. The molecule has 0 spiro atoms. The zero-order valence-corrected chi connectivity index (χ0v) is 11.7. The number of methoxy groups -OCH3 is 1. The molecule has 5 nitrogen and oxygen atoms in total. The van der Waals surface area contributed by atoms with Crippen LogP contribution in [0, 0.1) is 6.92 Å². The third-order valence-electron chi connectivity index (χ3n) is 1.95. The third kappa shape index (κ3) is 4.31. The second kappa shape index (κ2) is 5.86. The molecule has 8 heteroatoms. The Morgan fingerprint density at radius 3 is 2.65 bits per heavy atom. The Kier molecular flexibility index (Phi) is 5.00.